The lowest BCUT2D eigenvalue weighted by Crippen LogP contribution is -2.30. The van der Waals surface area contributed by atoms with E-state index in [0.717, 1.165) is 33.9 Å². The topological polar surface area (TPSA) is 59.3 Å². The summed E-state index contributed by atoms with van der Waals surface area (Å²) in [5.41, 5.74) is 3.57. The van der Waals surface area contributed by atoms with Gasteiger partial charge in [0, 0.05) is 22.4 Å². The lowest BCUT2D eigenvalue weighted by atomic mass is 10.0. The molecule has 5 rings (SSSR count). The average Bonchev–Trinajstić information content (AvgIpc) is 3.19. The molecule has 0 aliphatic carbocycles. The minimum atomic E-state index is -0.296. The molecule has 0 radical (unpaired) electrons. The van der Waals surface area contributed by atoms with Crippen molar-refractivity contribution in [3.8, 4) is 11.3 Å². The third-order valence-corrected chi connectivity index (χ3v) is 6.15. The first kappa shape index (κ1) is 17.9. The normalized spacial score (nSPS) is 15.8. The molecule has 1 aliphatic rings. The van der Waals surface area contributed by atoms with Crippen molar-refractivity contribution in [1.29, 1.82) is 0 Å². The monoisotopic (exact) mass is 404 g/mol. The molecular formula is C22H17FN4OS. The minimum Gasteiger partial charge on any atom is -0.345 e. The van der Waals surface area contributed by atoms with Crippen molar-refractivity contribution >= 4 is 23.3 Å². The van der Waals surface area contributed by atoms with Gasteiger partial charge in [0.05, 0.1) is 17.9 Å². The first-order valence-corrected chi connectivity index (χ1v) is 10.3. The lowest BCUT2D eigenvalue weighted by molar-refractivity contribution is 0.0936. The second kappa shape index (κ2) is 7.33. The molecule has 2 aromatic carbocycles. The Morgan fingerprint density at radius 3 is 2.90 bits per heavy atom. The van der Waals surface area contributed by atoms with E-state index in [4.69, 9.17) is 0 Å². The molecule has 1 amide bonds. The Labute approximate surface area is 171 Å². The number of nitrogens with one attached hydrogen (secondary N) is 1. The summed E-state index contributed by atoms with van der Waals surface area (Å²) in [6, 6.07) is 16.2. The van der Waals surface area contributed by atoms with Crippen LogP contribution in [-0.4, -0.2) is 26.3 Å². The van der Waals surface area contributed by atoms with Crippen LogP contribution in [-0.2, 0) is 0 Å². The number of thioether (sulfide) groups is 1. The largest absolute Gasteiger partial charge is 0.345 e. The Kier molecular flexibility index (Phi) is 4.52. The Balaban J connectivity index is 1.48. The van der Waals surface area contributed by atoms with E-state index in [-0.39, 0.29) is 17.8 Å². The summed E-state index contributed by atoms with van der Waals surface area (Å²) in [4.78, 5) is 18.4. The molecule has 0 saturated carbocycles. The van der Waals surface area contributed by atoms with Gasteiger partial charge in [0.1, 0.15) is 11.4 Å². The van der Waals surface area contributed by atoms with Crippen LogP contribution in [0.2, 0.25) is 0 Å². The molecule has 1 N–H and O–H groups in total. The summed E-state index contributed by atoms with van der Waals surface area (Å²) in [5, 5.41) is 7.44. The van der Waals surface area contributed by atoms with Crippen LogP contribution in [0.1, 0.15) is 28.4 Å². The van der Waals surface area contributed by atoms with E-state index in [1.54, 1.807) is 28.5 Å². The zero-order chi connectivity index (χ0) is 19.8. The first-order chi connectivity index (χ1) is 14.2. The van der Waals surface area contributed by atoms with Crippen LogP contribution in [0, 0.1) is 5.82 Å². The Hall–Kier alpha value is -3.19. The second-order valence-electron chi connectivity index (χ2n) is 6.84. The van der Waals surface area contributed by atoms with Gasteiger partial charge in [-0.15, -0.1) is 11.8 Å². The number of carbonyl (C=O) groups is 1. The molecule has 2 aromatic heterocycles. The van der Waals surface area contributed by atoms with Gasteiger partial charge in [0.15, 0.2) is 5.65 Å². The van der Waals surface area contributed by atoms with E-state index < -0.39 is 0 Å². The molecule has 7 heteroatoms. The van der Waals surface area contributed by atoms with Crippen LogP contribution in [0.4, 0.5) is 4.39 Å². The van der Waals surface area contributed by atoms with E-state index in [1.165, 1.54) is 18.3 Å². The minimum absolute atomic E-state index is 0.235. The highest BCUT2D eigenvalue weighted by Gasteiger charge is 2.25. The second-order valence-corrected chi connectivity index (χ2v) is 7.97. The number of fused-ring (bicyclic) bond motifs is 2. The predicted molar refractivity (Wildman–Crippen MR) is 110 cm³/mol. The van der Waals surface area contributed by atoms with Gasteiger partial charge in [-0.25, -0.2) is 13.9 Å². The lowest BCUT2D eigenvalue weighted by Gasteiger charge is -2.25. The molecule has 5 nitrogen and oxygen atoms in total. The van der Waals surface area contributed by atoms with E-state index in [2.05, 4.69) is 15.4 Å². The number of hydrogen-bond acceptors (Lipinski definition) is 4. The Bertz CT molecular complexity index is 1210. The van der Waals surface area contributed by atoms with Gasteiger partial charge in [-0.3, -0.25) is 4.79 Å². The van der Waals surface area contributed by atoms with Gasteiger partial charge >= 0.3 is 0 Å². The van der Waals surface area contributed by atoms with Crippen molar-refractivity contribution in [3.05, 3.63) is 83.9 Å². The van der Waals surface area contributed by atoms with Gasteiger partial charge in [-0.2, -0.15) is 5.10 Å². The molecule has 1 unspecified atom stereocenters. The number of carbonyl (C=O) groups excluding carboxylic acids is 1. The van der Waals surface area contributed by atoms with Crippen LogP contribution in [0.25, 0.3) is 16.9 Å². The standard InChI is InChI=1S/C22H17FN4OS/c23-15-6-7-20-16(12-15)18(9-11-29-20)26-22(28)17-13-25-27-19(8-10-24-21(17)27)14-4-2-1-3-5-14/h1-8,10,12-13,18H,9,11H2,(H,26,28). The Morgan fingerprint density at radius 2 is 2.03 bits per heavy atom. The number of nitrogens with zero attached hydrogens (tertiary/aromatic N) is 3. The van der Waals surface area contributed by atoms with Crippen LogP contribution in [0.15, 0.2) is 71.9 Å². The number of halogens is 1. The first-order valence-electron chi connectivity index (χ1n) is 9.32. The predicted octanol–water partition coefficient (Wildman–Crippen LogP) is 4.50. The van der Waals surface area contributed by atoms with E-state index in [0.29, 0.717) is 11.2 Å². The fourth-order valence-electron chi connectivity index (χ4n) is 3.63. The van der Waals surface area contributed by atoms with Gasteiger partial charge in [0.25, 0.3) is 5.91 Å². The summed E-state index contributed by atoms with van der Waals surface area (Å²) in [7, 11) is 0. The Morgan fingerprint density at radius 1 is 1.17 bits per heavy atom. The molecule has 1 atom stereocenters. The third-order valence-electron chi connectivity index (χ3n) is 5.03. The number of rotatable bonds is 3. The smallest absolute Gasteiger partial charge is 0.257 e. The quantitative estimate of drug-likeness (QED) is 0.546. The summed E-state index contributed by atoms with van der Waals surface area (Å²) in [6.07, 6.45) is 3.96. The van der Waals surface area contributed by atoms with Crippen LogP contribution < -0.4 is 5.32 Å². The van der Waals surface area contributed by atoms with Gasteiger partial charge in [0.2, 0.25) is 0 Å². The molecule has 0 spiro atoms. The molecule has 0 fully saturated rings. The molecule has 1 aliphatic heterocycles. The van der Waals surface area contributed by atoms with E-state index in [9.17, 15) is 9.18 Å². The maximum absolute atomic E-state index is 13.7. The highest BCUT2D eigenvalue weighted by molar-refractivity contribution is 7.99. The number of aromatic nitrogens is 3. The molecule has 3 heterocycles. The molecule has 0 saturated heterocycles. The zero-order valence-electron chi connectivity index (χ0n) is 15.4. The summed E-state index contributed by atoms with van der Waals surface area (Å²) < 4.78 is 15.4. The van der Waals surface area contributed by atoms with Crippen molar-refractivity contribution in [2.24, 2.45) is 0 Å². The van der Waals surface area contributed by atoms with Crippen LogP contribution in [0.3, 0.4) is 0 Å². The van der Waals surface area contributed by atoms with Crippen molar-refractivity contribution in [2.45, 2.75) is 17.4 Å². The number of amides is 1. The number of hydrogen-bond donors (Lipinski definition) is 1. The highest BCUT2D eigenvalue weighted by Crippen LogP contribution is 2.36. The maximum atomic E-state index is 13.7. The molecule has 144 valence electrons. The van der Waals surface area contributed by atoms with Crippen molar-refractivity contribution in [2.75, 3.05) is 5.75 Å². The molecule has 29 heavy (non-hydrogen) atoms. The van der Waals surface area contributed by atoms with Gasteiger partial charge < -0.3 is 5.32 Å². The van der Waals surface area contributed by atoms with Gasteiger partial charge in [-0.1, -0.05) is 30.3 Å². The highest BCUT2D eigenvalue weighted by atomic mass is 32.2. The SMILES string of the molecule is O=C(NC1CCSc2ccc(F)cc21)c1cnn2c(-c3ccccc3)ccnc12. The summed E-state index contributed by atoms with van der Waals surface area (Å²) in [5.74, 6) is 0.315. The van der Waals surface area contributed by atoms with E-state index >= 15 is 0 Å². The summed E-state index contributed by atoms with van der Waals surface area (Å²) in [6.45, 7) is 0. The molecule has 0 bridgehead atoms. The van der Waals surface area contributed by atoms with E-state index in [1.807, 2.05) is 36.4 Å². The fraction of sp³-hybridized carbons (Fsp3) is 0.136. The third kappa shape index (κ3) is 3.27. The van der Waals surface area contributed by atoms with Crippen molar-refractivity contribution in [1.82, 2.24) is 19.9 Å². The maximum Gasteiger partial charge on any atom is 0.257 e. The average molecular weight is 404 g/mol. The summed E-state index contributed by atoms with van der Waals surface area (Å²) >= 11 is 1.68. The van der Waals surface area contributed by atoms with Gasteiger partial charge in [-0.05, 0) is 36.2 Å². The molecule has 4 aromatic rings. The van der Waals surface area contributed by atoms with Crippen molar-refractivity contribution in [3.63, 3.8) is 0 Å². The number of benzene rings is 2. The van der Waals surface area contributed by atoms with Crippen LogP contribution in [0.5, 0.6) is 0 Å². The van der Waals surface area contributed by atoms with Crippen LogP contribution >= 0.6 is 11.8 Å². The zero-order valence-corrected chi connectivity index (χ0v) is 16.2. The fourth-order valence-corrected chi connectivity index (χ4v) is 4.74. The molecular weight excluding hydrogens is 387 g/mol. The van der Waals surface area contributed by atoms with Crippen molar-refractivity contribution < 1.29 is 9.18 Å².